The van der Waals surface area contributed by atoms with Crippen molar-refractivity contribution < 1.29 is 19.5 Å². The largest absolute Gasteiger partial charge is 0.480 e. The molecule has 27 heavy (non-hydrogen) atoms. The summed E-state index contributed by atoms with van der Waals surface area (Å²) in [6.45, 7) is 2.30. The molecule has 1 atom stereocenters. The van der Waals surface area contributed by atoms with Crippen molar-refractivity contribution in [3.05, 3.63) is 34.9 Å². The molecule has 3 rings (SSSR count). The van der Waals surface area contributed by atoms with E-state index in [4.69, 9.17) is 16.7 Å². The lowest BCUT2D eigenvalue weighted by atomic mass is 9.94. The Labute approximate surface area is 164 Å². The number of amides is 2. The number of carboxylic acid groups (broad SMARTS) is 1. The van der Waals surface area contributed by atoms with Crippen LogP contribution in [0.2, 0.25) is 5.02 Å². The van der Waals surface area contributed by atoms with Gasteiger partial charge in [-0.1, -0.05) is 23.7 Å². The smallest absolute Gasteiger partial charge is 0.323 e. The second-order valence-corrected chi connectivity index (χ2v) is 7.94. The Balaban J connectivity index is 1.69. The SMILES string of the molecule is CC(=O)N(CC(=O)O)C1CCCN(C(=O)C2(c3ccc(Cl)cc3)CC2)CC1. The van der Waals surface area contributed by atoms with E-state index in [2.05, 4.69) is 0 Å². The molecule has 0 aromatic heterocycles. The van der Waals surface area contributed by atoms with Crippen LogP contribution in [0.1, 0.15) is 44.6 Å². The minimum atomic E-state index is -1.01. The van der Waals surface area contributed by atoms with Gasteiger partial charge in [0, 0.05) is 31.1 Å². The number of rotatable bonds is 5. The monoisotopic (exact) mass is 392 g/mol. The maximum atomic E-state index is 13.2. The van der Waals surface area contributed by atoms with Gasteiger partial charge in [0.15, 0.2) is 0 Å². The Bertz CT molecular complexity index is 730. The maximum absolute atomic E-state index is 13.2. The van der Waals surface area contributed by atoms with Gasteiger partial charge in [-0.2, -0.15) is 0 Å². The zero-order chi connectivity index (χ0) is 19.6. The summed E-state index contributed by atoms with van der Waals surface area (Å²) in [7, 11) is 0. The molecular weight excluding hydrogens is 368 g/mol. The Hall–Kier alpha value is -2.08. The molecule has 146 valence electrons. The Morgan fingerprint density at radius 3 is 2.41 bits per heavy atom. The normalized spacial score (nSPS) is 21.3. The highest BCUT2D eigenvalue weighted by atomic mass is 35.5. The highest BCUT2D eigenvalue weighted by molar-refractivity contribution is 6.30. The number of halogens is 1. The van der Waals surface area contributed by atoms with Gasteiger partial charge in [-0.15, -0.1) is 0 Å². The van der Waals surface area contributed by atoms with Gasteiger partial charge in [-0.25, -0.2) is 0 Å². The maximum Gasteiger partial charge on any atom is 0.323 e. The molecule has 6 nitrogen and oxygen atoms in total. The van der Waals surface area contributed by atoms with E-state index in [-0.39, 0.29) is 24.4 Å². The van der Waals surface area contributed by atoms with E-state index in [1.807, 2.05) is 29.2 Å². The lowest BCUT2D eigenvalue weighted by molar-refractivity contribution is -0.145. The fourth-order valence-electron chi connectivity index (χ4n) is 4.06. The number of benzene rings is 1. The first-order valence-electron chi connectivity index (χ1n) is 9.38. The zero-order valence-corrected chi connectivity index (χ0v) is 16.2. The van der Waals surface area contributed by atoms with Gasteiger partial charge >= 0.3 is 5.97 Å². The number of carbonyl (C=O) groups excluding carboxylic acids is 2. The third kappa shape index (κ3) is 4.26. The van der Waals surface area contributed by atoms with Crippen LogP contribution < -0.4 is 0 Å². The highest BCUT2D eigenvalue weighted by Gasteiger charge is 2.53. The number of hydrogen-bond acceptors (Lipinski definition) is 3. The lowest BCUT2D eigenvalue weighted by Gasteiger charge is -2.29. The summed E-state index contributed by atoms with van der Waals surface area (Å²) in [5.41, 5.74) is 0.570. The molecule has 1 unspecified atom stereocenters. The van der Waals surface area contributed by atoms with Crippen molar-refractivity contribution in [1.29, 1.82) is 0 Å². The summed E-state index contributed by atoms with van der Waals surface area (Å²) in [5.74, 6) is -1.11. The van der Waals surface area contributed by atoms with Gasteiger partial charge in [-0.05, 0) is 49.8 Å². The molecule has 1 heterocycles. The average Bonchev–Trinajstić information content (AvgIpc) is 3.44. The summed E-state index contributed by atoms with van der Waals surface area (Å²) in [4.78, 5) is 39.5. The number of nitrogens with zero attached hydrogens (tertiary/aromatic N) is 2. The summed E-state index contributed by atoms with van der Waals surface area (Å²) in [5, 5.41) is 9.72. The third-order valence-corrected chi connectivity index (χ3v) is 5.94. The molecule has 1 N–H and O–H groups in total. The third-order valence-electron chi connectivity index (χ3n) is 5.69. The van der Waals surface area contributed by atoms with Crippen LogP contribution in [-0.4, -0.2) is 58.4 Å². The van der Waals surface area contributed by atoms with E-state index < -0.39 is 11.4 Å². The number of hydrogen-bond donors (Lipinski definition) is 1. The van der Waals surface area contributed by atoms with Gasteiger partial charge < -0.3 is 14.9 Å². The standard InChI is InChI=1S/C20H25ClN2O4/c1-14(24)23(13-18(25)26)17-3-2-11-22(12-8-17)19(27)20(9-10-20)15-4-6-16(21)7-5-15/h4-7,17H,2-3,8-13H2,1H3,(H,25,26). The van der Waals surface area contributed by atoms with Gasteiger partial charge in [0.25, 0.3) is 0 Å². The van der Waals surface area contributed by atoms with Crippen LogP contribution in [0, 0.1) is 0 Å². The summed E-state index contributed by atoms with van der Waals surface area (Å²) in [6.07, 6.45) is 3.76. The van der Waals surface area contributed by atoms with Crippen LogP contribution in [0.3, 0.4) is 0 Å². The van der Waals surface area contributed by atoms with Gasteiger partial charge in [-0.3, -0.25) is 14.4 Å². The molecule has 0 spiro atoms. The number of carboxylic acids is 1. The number of carbonyl (C=O) groups is 3. The molecule has 1 aliphatic carbocycles. The quantitative estimate of drug-likeness (QED) is 0.835. The van der Waals surface area contributed by atoms with E-state index in [0.29, 0.717) is 31.0 Å². The fourth-order valence-corrected chi connectivity index (χ4v) is 4.19. The van der Waals surface area contributed by atoms with Crippen molar-refractivity contribution in [2.75, 3.05) is 19.6 Å². The molecule has 1 aromatic rings. The van der Waals surface area contributed by atoms with Crippen LogP contribution >= 0.6 is 11.6 Å². The van der Waals surface area contributed by atoms with Crippen LogP contribution in [-0.2, 0) is 19.8 Å². The Morgan fingerprint density at radius 2 is 1.85 bits per heavy atom. The second-order valence-electron chi connectivity index (χ2n) is 7.51. The van der Waals surface area contributed by atoms with Crippen LogP contribution in [0.25, 0.3) is 0 Å². The van der Waals surface area contributed by atoms with Crippen LogP contribution in [0.5, 0.6) is 0 Å². The molecule has 2 amide bonds. The second kappa shape index (κ2) is 7.89. The highest BCUT2D eigenvalue weighted by Crippen LogP contribution is 2.50. The van der Waals surface area contributed by atoms with Crippen molar-refractivity contribution in [3.63, 3.8) is 0 Å². The Kier molecular flexibility index (Phi) is 5.75. The van der Waals surface area contributed by atoms with Gasteiger partial charge in [0.05, 0.1) is 5.41 Å². The van der Waals surface area contributed by atoms with Crippen molar-refractivity contribution in [3.8, 4) is 0 Å². The molecule has 7 heteroatoms. The molecule has 1 aromatic carbocycles. The minimum Gasteiger partial charge on any atom is -0.480 e. The molecule has 1 aliphatic heterocycles. The van der Waals surface area contributed by atoms with E-state index in [1.54, 1.807) is 0 Å². The first kappa shape index (κ1) is 19.7. The number of aliphatic carboxylic acids is 1. The minimum absolute atomic E-state index is 0.137. The first-order valence-corrected chi connectivity index (χ1v) is 9.76. The van der Waals surface area contributed by atoms with Crippen molar-refractivity contribution in [2.24, 2.45) is 0 Å². The Morgan fingerprint density at radius 1 is 1.19 bits per heavy atom. The van der Waals surface area contributed by atoms with Gasteiger partial charge in [0.2, 0.25) is 11.8 Å². The van der Waals surface area contributed by atoms with Crippen molar-refractivity contribution in [2.45, 2.75) is 50.5 Å². The van der Waals surface area contributed by atoms with E-state index >= 15 is 0 Å². The average molecular weight is 393 g/mol. The molecule has 0 radical (unpaired) electrons. The fraction of sp³-hybridized carbons (Fsp3) is 0.550. The molecule has 0 bridgehead atoms. The molecular formula is C20H25ClN2O4. The van der Waals surface area contributed by atoms with Crippen LogP contribution in [0.15, 0.2) is 24.3 Å². The molecule has 1 saturated heterocycles. The molecule has 2 fully saturated rings. The zero-order valence-electron chi connectivity index (χ0n) is 15.5. The molecule has 2 aliphatic rings. The van der Waals surface area contributed by atoms with E-state index in [1.165, 1.54) is 11.8 Å². The summed E-state index contributed by atoms with van der Waals surface area (Å²) in [6, 6.07) is 7.36. The predicted molar refractivity (Wildman–Crippen MR) is 102 cm³/mol. The van der Waals surface area contributed by atoms with Crippen molar-refractivity contribution in [1.82, 2.24) is 9.80 Å². The van der Waals surface area contributed by atoms with Crippen LogP contribution in [0.4, 0.5) is 0 Å². The predicted octanol–water partition coefficient (Wildman–Crippen LogP) is 2.69. The van der Waals surface area contributed by atoms with Gasteiger partial charge in [0.1, 0.15) is 6.54 Å². The van der Waals surface area contributed by atoms with E-state index in [9.17, 15) is 14.4 Å². The lowest BCUT2D eigenvalue weighted by Crippen LogP contribution is -2.43. The summed E-state index contributed by atoms with van der Waals surface area (Å²) < 4.78 is 0. The number of likely N-dealkylation sites (tertiary alicyclic amines) is 1. The van der Waals surface area contributed by atoms with E-state index in [0.717, 1.165) is 24.8 Å². The van der Waals surface area contributed by atoms with Crippen molar-refractivity contribution >= 4 is 29.4 Å². The summed E-state index contributed by atoms with van der Waals surface area (Å²) >= 11 is 5.97. The molecule has 1 saturated carbocycles. The topological polar surface area (TPSA) is 77.9 Å². The first-order chi connectivity index (χ1) is 12.8.